The number of carbonyl (C=O) groups excluding carboxylic acids is 1. The van der Waals surface area contributed by atoms with Gasteiger partial charge in [-0.05, 0) is 43.2 Å². The highest BCUT2D eigenvalue weighted by atomic mass is 16.1. The van der Waals surface area contributed by atoms with Crippen LogP contribution >= 0.6 is 0 Å². The molecule has 0 spiro atoms. The third-order valence-corrected chi connectivity index (χ3v) is 7.28. The van der Waals surface area contributed by atoms with Gasteiger partial charge in [0, 0.05) is 47.4 Å². The van der Waals surface area contributed by atoms with Crippen LogP contribution in [0.4, 0.5) is 5.69 Å². The molecule has 3 N–H and O–H groups in total. The van der Waals surface area contributed by atoms with Crippen molar-refractivity contribution < 1.29 is 4.79 Å². The molecule has 0 aliphatic heterocycles. The minimum Gasteiger partial charge on any atom is -0.324 e. The van der Waals surface area contributed by atoms with Gasteiger partial charge in [0.05, 0.1) is 23.0 Å². The molecule has 1 amide bonds. The number of rotatable bonds is 5. The van der Waals surface area contributed by atoms with Crippen LogP contribution < -0.4 is 5.32 Å². The third-order valence-electron chi connectivity index (χ3n) is 7.28. The van der Waals surface area contributed by atoms with Crippen LogP contribution in [0.3, 0.4) is 0 Å². The van der Waals surface area contributed by atoms with Crippen molar-refractivity contribution in [2.45, 2.75) is 32.1 Å². The molecule has 1 fully saturated rings. The van der Waals surface area contributed by atoms with Crippen LogP contribution in [0.5, 0.6) is 0 Å². The summed E-state index contributed by atoms with van der Waals surface area (Å²) in [6.45, 7) is 0. The van der Waals surface area contributed by atoms with Crippen LogP contribution in [-0.2, 0) is 4.79 Å². The number of amides is 1. The van der Waals surface area contributed by atoms with Gasteiger partial charge in [-0.2, -0.15) is 5.10 Å². The van der Waals surface area contributed by atoms with Crippen molar-refractivity contribution in [2.75, 3.05) is 5.32 Å². The molecule has 6 aromatic heterocycles. The molecule has 1 aliphatic rings. The van der Waals surface area contributed by atoms with E-state index in [1.54, 1.807) is 31.0 Å². The van der Waals surface area contributed by atoms with E-state index in [0.29, 0.717) is 28.5 Å². The van der Waals surface area contributed by atoms with Crippen molar-refractivity contribution in [3.63, 3.8) is 0 Å². The SMILES string of the molecule is O=C(Nc1cncc(-c2cnc3[nH]nc(-c4nc5c(-c6ccccn6)ccnc5[nH]4)c3c2)c1)C1CCCCC1. The number of H-pyrrole nitrogens is 2. The van der Waals surface area contributed by atoms with E-state index in [-0.39, 0.29) is 11.8 Å². The number of hydrogen-bond acceptors (Lipinski definition) is 7. The van der Waals surface area contributed by atoms with E-state index in [1.165, 1.54) is 6.42 Å². The number of aromatic amines is 2. The van der Waals surface area contributed by atoms with Crippen molar-refractivity contribution >= 4 is 33.8 Å². The van der Waals surface area contributed by atoms with Gasteiger partial charge in [-0.3, -0.25) is 19.9 Å². The van der Waals surface area contributed by atoms with E-state index in [9.17, 15) is 4.79 Å². The fraction of sp³-hybridized carbons (Fsp3) is 0.207. The summed E-state index contributed by atoms with van der Waals surface area (Å²) in [6.07, 6.45) is 14.0. The van der Waals surface area contributed by atoms with Crippen LogP contribution in [0.1, 0.15) is 32.1 Å². The Balaban J connectivity index is 1.23. The summed E-state index contributed by atoms with van der Waals surface area (Å²) in [7, 11) is 0. The summed E-state index contributed by atoms with van der Waals surface area (Å²) >= 11 is 0. The van der Waals surface area contributed by atoms with Crippen LogP contribution in [-0.4, -0.2) is 46.0 Å². The smallest absolute Gasteiger partial charge is 0.227 e. The predicted octanol–water partition coefficient (Wildman–Crippen LogP) is 5.54. The second kappa shape index (κ2) is 9.71. The molecule has 10 heteroatoms. The quantitative estimate of drug-likeness (QED) is 0.274. The number of aromatic nitrogens is 8. The average molecular weight is 516 g/mol. The number of nitrogens with one attached hydrogen (secondary N) is 3. The number of hydrogen-bond donors (Lipinski definition) is 3. The number of nitrogens with zero attached hydrogens (tertiary/aromatic N) is 6. The third kappa shape index (κ3) is 4.39. The van der Waals surface area contributed by atoms with Crippen molar-refractivity contribution in [2.24, 2.45) is 5.92 Å². The van der Waals surface area contributed by atoms with Gasteiger partial charge in [0.15, 0.2) is 17.1 Å². The molecule has 0 bridgehead atoms. The van der Waals surface area contributed by atoms with Crippen LogP contribution in [0, 0.1) is 5.92 Å². The maximum absolute atomic E-state index is 12.8. The lowest BCUT2D eigenvalue weighted by molar-refractivity contribution is -0.120. The Bertz CT molecular complexity index is 1800. The molecule has 0 saturated heterocycles. The first-order valence-electron chi connectivity index (χ1n) is 13.1. The van der Waals surface area contributed by atoms with E-state index < -0.39 is 0 Å². The fourth-order valence-corrected chi connectivity index (χ4v) is 5.27. The van der Waals surface area contributed by atoms with Gasteiger partial charge in [-0.1, -0.05) is 25.3 Å². The van der Waals surface area contributed by atoms with Crippen LogP contribution in [0.2, 0.25) is 0 Å². The second-order valence-electron chi connectivity index (χ2n) is 9.83. The largest absolute Gasteiger partial charge is 0.324 e. The zero-order chi connectivity index (χ0) is 26.2. The maximum Gasteiger partial charge on any atom is 0.227 e. The van der Waals surface area contributed by atoms with Crippen molar-refractivity contribution in [3.8, 4) is 33.9 Å². The Morgan fingerprint density at radius 3 is 2.67 bits per heavy atom. The Morgan fingerprint density at radius 2 is 1.79 bits per heavy atom. The van der Waals surface area contributed by atoms with Gasteiger partial charge in [0.25, 0.3) is 0 Å². The molecule has 39 heavy (non-hydrogen) atoms. The number of imidazole rings is 1. The standard InChI is InChI=1S/C29H25N9O/c39-29(17-6-2-1-3-7-17)34-20-12-18(14-30-16-20)19-13-22-25(37-38-26(22)33-15-19)28-35-24-21(9-11-32-27(24)36-28)23-8-4-5-10-31-23/h4-5,8-17H,1-3,6-7H2,(H,34,39)(H,32,35,36)(H,33,37,38). The lowest BCUT2D eigenvalue weighted by Crippen LogP contribution is -2.24. The van der Waals surface area contributed by atoms with E-state index >= 15 is 0 Å². The van der Waals surface area contributed by atoms with Gasteiger partial charge in [0.2, 0.25) is 5.91 Å². The molecular formula is C29H25N9O. The van der Waals surface area contributed by atoms with Gasteiger partial charge >= 0.3 is 0 Å². The van der Waals surface area contributed by atoms with Crippen LogP contribution in [0.15, 0.2) is 67.4 Å². The minimum absolute atomic E-state index is 0.0721. The molecule has 10 nitrogen and oxygen atoms in total. The molecular weight excluding hydrogens is 490 g/mol. The number of anilines is 1. The molecule has 0 aromatic carbocycles. The molecule has 6 heterocycles. The lowest BCUT2D eigenvalue weighted by atomic mass is 9.88. The zero-order valence-electron chi connectivity index (χ0n) is 21.1. The zero-order valence-corrected chi connectivity index (χ0v) is 21.1. The van der Waals surface area contributed by atoms with Gasteiger partial charge in [-0.15, -0.1) is 0 Å². The Morgan fingerprint density at radius 1 is 0.897 bits per heavy atom. The monoisotopic (exact) mass is 515 g/mol. The number of pyridine rings is 4. The summed E-state index contributed by atoms with van der Waals surface area (Å²) in [5.74, 6) is 0.728. The molecule has 192 valence electrons. The molecule has 7 rings (SSSR count). The van der Waals surface area contributed by atoms with E-state index in [1.807, 2.05) is 36.4 Å². The lowest BCUT2D eigenvalue weighted by Gasteiger charge is -2.20. The number of fused-ring (bicyclic) bond motifs is 2. The highest BCUT2D eigenvalue weighted by Crippen LogP contribution is 2.32. The van der Waals surface area contributed by atoms with Crippen molar-refractivity contribution in [3.05, 3.63) is 67.4 Å². The summed E-state index contributed by atoms with van der Waals surface area (Å²) in [6, 6.07) is 11.6. The highest BCUT2D eigenvalue weighted by molar-refractivity contribution is 5.96. The van der Waals surface area contributed by atoms with Gasteiger partial charge < -0.3 is 10.3 Å². The Hall–Kier alpha value is -4.99. The molecule has 1 saturated carbocycles. The summed E-state index contributed by atoms with van der Waals surface area (Å²) < 4.78 is 0. The molecule has 0 radical (unpaired) electrons. The first-order chi connectivity index (χ1) is 19.2. The molecule has 0 atom stereocenters. The second-order valence-corrected chi connectivity index (χ2v) is 9.83. The summed E-state index contributed by atoms with van der Waals surface area (Å²) in [4.78, 5) is 38.8. The Kier molecular flexibility index (Phi) is 5.77. The molecule has 6 aromatic rings. The number of carbonyl (C=O) groups is 1. The summed E-state index contributed by atoms with van der Waals surface area (Å²) in [5.41, 5.74) is 6.75. The van der Waals surface area contributed by atoms with Crippen molar-refractivity contribution in [1.82, 2.24) is 40.1 Å². The predicted molar refractivity (Wildman–Crippen MR) is 148 cm³/mol. The highest BCUT2D eigenvalue weighted by Gasteiger charge is 2.21. The van der Waals surface area contributed by atoms with E-state index in [2.05, 4.69) is 40.4 Å². The van der Waals surface area contributed by atoms with E-state index in [4.69, 9.17) is 4.98 Å². The first kappa shape index (κ1) is 23.2. The van der Waals surface area contributed by atoms with E-state index in [0.717, 1.165) is 59.0 Å². The molecule has 0 unspecified atom stereocenters. The van der Waals surface area contributed by atoms with Crippen LogP contribution in [0.25, 0.3) is 56.1 Å². The first-order valence-corrected chi connectivity index (χ1v) is 13.1. The Labute approximate surface area is 223 Å². The minimum atomic E-state index is 0.0721. The fourth-order valence-electron chi connectivity index (χ4n) is 5.27. The molecule has 1 aliphatic carbocycles. The average Bonchev–Trinajstić information content (AvgIpc) is 3.62. The summed E-state index contributed by atoms with van der Waals surface area (Å²) in [5, 5.41) is 11.4. The maximum atomic E-state index is 12.8. The van der Waals surface area contributed by atoms with Crippen molar-refractivity contribution in [1.29, 1.82) is 0 Å². The topological polar surface area (TPSA) is 138 Å². The van der Waals surface area contributed by atoms with Gasteiger partial charge in [0.1, 0.15) is 11.2 Å². The van der Waals surface area contributed by atoms with Gasteiger partial charge in [-0.25, -0.2) is 15.0 Å². The normalized spacial score (nSPS) is 14.2.